The Labute approximate surface area is 138 Å². The van der Waals surface area contributed by atoms with Crippen LogP contribution in [-0.4, -0.2) is 28.4 Å². The minimum absolute atomic E-state index is 0.0358. The first kappa shape index (κ1) is 18.0. The molecule has 0 fully saturated rings. The molecule has 9 heteroatoms. The molecule has 2 heterocycles. The Kier molecular flexibility index (Phi) is 4.91. The fraction of sp³-hybridized carbons (Fsp3) is 0.571. The van der Waals surface area contributed by atoms with Gasteiger partial charge in [0.1, 0.15) is 11.4 Å². The number of aryl methyl sites for hydroxylation is 1. The summed E-state index contributed by atoms with van der Waals surface area (Å²) in [5, 5.41) is 11.6. The van der Waals surface area contributed by atoms with Gasteiger partial charge >= 0.3 is 6.18 Å². The molecule has 1 aliphatic heterocycles. The van der Waals surface area contributed by atoms with E-state index in [1.54, 1.807) is 6.92 Å². The van der Waals surface area contributed by atoms with E-state index in [2.05, 4.69) is 21.2 Å². The summed E-state index contributed by atoms with van der Waals surface area (Å²) in [5.41, 5.74) is -1.48. The van der Waals surface area contributed by atoms with E-state index in [-0.39, 0.29) is 29.6 Å². The number of hydrogen-bond donors (Lipinski definition) is 2. The van der Waals surface area contributed by atoms with E-state index in [1.165, 1.54) is 6.07 Å². The number of aromatic nitrogens is 1. The quantitative estimate of drug-likeness (QED) is 0.802. The molecule has 5 nitrogen and oxygen atoms in total. The predicted molar refractivity (Wildman–Crippen MR) is 80.2 cm³/mol. The van der Waals surface area contributed by atoms with Crippen molar-refractivity contribution in [2.75, 3.05) is 6.61 Å². The molecule has 1 aliphatic rings. The second-order valence-electron chi connectivity index (χ2n) is 5.59. The highest BCUT2D eigenvalue weighted by atomic mass is 79.9. The number of hydrogen-bond acceptors (Lipinski definition) is 3. The van der Waals surface area contributed by atoms with Crippen molar-refractivity contribution in [1.29, 1.82) is 0 Å². The number of amides is 1. The molecule has 1 atom stereocenters. The van der Waals surface area contributed by atoms with Crippen molar-refractivity contribution in [3.05, 3.63) is 32.2 Å². The number of halogens is 4. The summed E-state index contributed by atoms with van der Waals surface area (Å²) in [6.07, 6.45) is -5.82. The van der Waals surface area contributed by atoms with Gasteiger partial charge in [-0.3, -0.25) is 14.2 Å². The van der Waals surface area contributed by atoms with Gasteiger partial charge in [0.25, 0.3) is 11.5 Å². The molecule has 0 saturated carbocycles. The zero-order valence-corrected chi connectivity index (χ0v) is 13.9. The van der Waals surface area contributed by atoms with E-state index < -0.39 is 36.1 Å². The highest BCUT2D eigenvalue weighted by molar-refractivity contribution is 9.10. The predicted octanol–water partition coefficient (Wildman–Crippen LogP) is 2.43. The minimum atomic E-state index is -4.41. The van der Waals surface area contributed by atoms with E-state index in [0.29, 0.717) is 5.56 Å². The van der Waals surface area contributed by atoms with Crippen LogP contribution in [0.1, 0.15) is 41.7 Å². The van der Waals surface area contributed by atoms with Gasteiger partial charge in [-0.2, -0.15) is 13.2 Å². The van der Waals surface area contributed by atoms with E-state index in [0.717, 1.165) is 4.57 Å². The van der Waals surface area contributed by atoms with Crippen LogP contribution in [0.2, 0.25) is 0 Å². The fourth-order valence-electron chi connectivity index (χ4n) is 2.91. The second-order valence-corrected chi connectivity index (χ2v) is 6.45. The van der Waals surface area contributed by atoms with Crippen molar-refractivity contribution in [2.24, 2.45) is 0 Å². The zero-order valence-electron chi connectivity index (χ0n) is 12.3. The van der Waals surface area contributed by atoms with Gasteiger partial charge in [-0.1, -0.05) is 0 Å². The average molecular weight is 397 g/mol. The van der Waals surface area contributed by atoms with Gasteiger partial charge in [0.05, 0.1) is 4.47 Å². The van der Waals surface area contributed by atoms with Crippen LogP contribution in [0, 0.1) is 6.92 Å². The third-order valence-electron chi connectivity index (χ3n) is 3.91. The Balaban J connectivity index is 2.58. The smallest absolute Gasteiger partial charge is 0.389 e. The van der Waals surface area contributed by atoms with Gasteiger partial charge in [-0.25, -0.2) is 0 Å². The molecule has 0 bridgehead atoms. The molecule has 128 valence electrons. The van der Waals surface area contributed by atoms with Crippen molar-refractivity contribution < 1.29 is 23.1 Å². The van der Waals surface area contributed by atoms with E-state index in [1.807, 2.05) is 0 Å². The Hall–Kier alpha value is -1.35. The molecule has 0 radical (unpaired) electrons. The van der Waals surface area contributed by atoms with Gasteiger partial charge in [-0.05, 0) is 53.7 Å². The van der Waals surface area contributed by atoms with Gasteiger partial charge in [-0.15, -0.1) is 0 Å². The Morgan fingerprint density at radius 3 is 2.57 bits per heavy atom. The third kappa shape index (κ3) is 3.45. The van der Waals surface area contributed by atoms with Gasteiger partial charge in [0.2, 0.25) is 0 Å². The number of nitrogens with zero attached hydrogens (tertiary/aromatic N) is 1. The maximum absolute atomic E-state index is 12.7. The van der Waals surface area contributed by atoms with E-state index in [4.69, 9.17) is 5.11 Å². The zero-order chi connectivity index (χ0) is 17.4. The lowest BCUT2D eigenvalue weighted by molar-refractivity contribution is -0.141. The summed E-state index contributed by atoms with van der Waals surface area (Å²) in [7, 11) is 0. The molecule has 1 aromatic heterocycles. The number of carbonyl (C=O) groups is 1. The van der Waals surface area contributed by atoms with Gasteiger partial charge in [0.15, 0.2) is 0 Å². The highest BCUT2D eigenvalue weighted by Gasteiger charge is 2.46. The summed E-state index contributed by atoms with van der Waals surface area (Å²) in [6, 6.07) is 1.47. The average Bonchev–Trinajstić information content (AvgIpc) is 2.74. The Morgan fingerprint density at radius 1 is 1.35 bits per heavy atom. The van der Waals surface area contributed by atoms with Gasteiger partial charge < -0.3 is 10.4 Å². The Bertz CT molecular complexity index is 687. The molecule has 0 spiro atoms. The topological polar surface area (TPSA) is 71.3 Å². The van der Waals surface area contributed by atoms with Crippen LogP contribution >= 0.6 is 15.9 Å². The molecule has 0 aliphatic carbocycles. The summed E-state index contributed by atoms with van der Waals surface area (Å²) < 4.78 is 39.3. The Morgan fingerprint density at radius 2 is 2.00 bits per heavy atom. The standard InChI is InChI=1S/C14H16BrF3N2O3/c1-8-7-9(15)12(23)20-10(8)11(22)19-13(20,3-2-6-21)4-5-14(16,17)18/h7,21H,2-6H2,1H3,(H,19,22)/t13-/m1/s1. The van der Waals surface area contributed by atoms with Crippen molar-refractivity contribution in [3.8, 4) is 0 Å². The number of pyridine rings is 1. The monoisotopic (exact) mass is 396 g/mol. The van der Waals surface area contributed by atoms with Crippen LogP contribution in [0.5, 0.6) is 0 Å². The number of carbonyl (C=O) groups excluding carboxylic acids is 1. The molecule has 0 aromatic carbocycles. The van der Waals surface area contributed by atoms with Crippen LogP contribution in [0.4, 0.5) is 13.2 Å². The van der Waals surface area contributed by atoms with E-state index >= 15 is 0 Å². The lowest BCUT2D eigenvalue weighted by atomic mass is 9.97. The van der Waals surface area contributed by atoms with Crippen molar-refractivity contribution >= 4 is 21.8 Å². The maximum atomic E-state index is 12.7. The lowest BCUT2D eigenvalue weighted by Gasteiger charge is -2.32. The van der Waals surface area contributed by atoms with Crippen molar-refractivity contribution in [1.82, 2.24) is 9.88 Å². The third-order valence-corrected chi connectivity index (χ3v) is 4.48. The molecule has 0 saturated heterocycles. The molecule has 23 heavy (non-hydrogen) atoms. The molecule has 1 aromatic rings. The van der Waals surface area contributed by atoms with Crippen molar-refractivity contribution in [3.63, 3.8) is 0 Å². The van der Waals surface area contributed by atoms with Crippen LogP contribution in [0.25, 0.3) is 0 Å². The first-order valence-corrected chi connectivity index (χ1v) is 7.83. The molecule has 0 unspecified atom stereocenters. The number of aliphatic hydroxyl groups excluding tert-OH is 1. The largest absolute Gasteiger partial charge is 0.396 e. The molecular weight excluding hydrogens is 381 g/mol. The lowest BCUT2D eigenvalue weighted by Crippen LogP contribution is -2.48. The second kappa shape index (κ2) is 6.27. The SMILES string of the molecule is Cc1cc(Br)c(=O)n2c1C(=O)N[C@@]2(CCCO)CCC(F)(F)F. The maximum Gasteiger partial charge on any atom is 0.389 e. The molecule has 1 amide bonds. The number of nitrogens with one attached hydrogen (secondary N) is 1. The summed E-state index contributed by atoms with van der Waals surface area (Å²) >= 11 is 3.09. The van der Waals surface area contributed by atoms with Crippen molar-refractivity contribution in [2.45, 2.75) is 44.4 Å². The summed E-state index contributed by atoms with van der Waals surface area (Å²) in [5.74, 6) is -0.577. The summed E-state index contributed by atoms with van der Waals surface area (Å²) in [6.45, 7) is 1.36. The number of rotatable bonds is 5. The summed E-state index contributed by atoms with van der Waals surface area (Å²) in [4.78, 5) is 24.7. The minimum Gasteiger partial charge on any atom is -0.396 e. The number of aliphatic hydroxyl groups is 1. The van der Waals surface area contributed by atoms with Crippen LogP contribution in [0.3, 0.4) is 0 Å². The molecule has 2 rings (SSSR count). The van der Waals surface area contributed by atoms with E-state index in [9.17, 15) is 22.8 Å². The first-order valence-electron chi connectivity index (χ1n) is 7.04. The van der Waals surface area contributed by atoms with Crippen LogP contribution in [0.15, 0.2) is 15.3 Å². The number of fused-ring (bicyclic) bond motifs is 1. The molecule has 2 N–H and O–H groups in total. The van der Waals surface area contributed by atoms with Crippen LogP contribution < -0.4 is 10.9 Å². The van der Waals surface area contributed by atoms with Gasteiger partial charge in [0, 0.05) is 13.0 Å². The molecular formula is C14H16BrF3N2O3. The first-order chi connectivity index (χ1) is 10.6. The normalized spacial score (nSPS) is 20.5. The van der Waals surface area contributed by atoms with Crippen LogP contribution in [-0.2, 0) is 5.66 Å². The number of alkyl halides is 3. The highest BCUT2D eigenvalue weighted by Crippen LogP contribution is 2.36. The fourth-order valence-corrected chi connectivity index (χ4v) is 3.43.